The van der Waals surface area contributed by atoms with Gasteiger partial charge in [0.25, 0.3) is 0 Å². The molecule has 0 amide bonds. The fourth-order valence-corrected chi connectivity index (χ4v) is 2.36. The Hall–Kier alpha value is -1.61. The molecule has 1 heterocycles. The number of H-pyrrole nitrogens is 1. The number of hydrogen-bond acceptors (Lipinski definition) is 2. The summed E-state index contributed by atoms with van der Waals surface area (Å²) in [5.74, 6) is 0. The molecule has 0 spiro atoms. The van der Waals surface area contributed by atoms with Gasteiger partial charge in [0.15, 0.2) is 0 Å². The molecule has 0 saturated heterocycles. The first kappa shape index (κ1) is 12.8. The third-order valence-electron chi connectivity index (χ3n) is 3.39. The number of aliphatic hydroxyl groups is 1. The van der Waals surface area contributed by atoms with Crippen molar-refractivity contribution in [1.82, 2.24) is 9.97 Å². The van der Waals surface area contributed by atoms with Crippen LogP contribution in [-0.4, -0.2) is 15.1 Å². The zero-order chi connectivity index (χ0) is 13.0. The third kappa shape index (κ3) is 2.62. The third-order valence-corrected chi connectivity index (χ3v) is 3.39. The number of hydrogen-bond donors (Lipinski definition) is 2. The largest absolute Gasteiger partial charge is 0.386 e. The van der Waals surface area contributed by atoms with E-state index in [1.807, 2.05) is 0 Å². The Bertz CT molecular complexity index is 469. The lowest BCUT2D eigenvalue weighted by Gasteiger charge is -2.15. The Kier molecular flexibility index (Phi) is 4.15. The fraction of sp³-hybridized carbons (Fsp3) is 0.400. The zero-order valence-electron chi connectivity index (χ0n) is 11.0. The van der Waals surface area contributed by atoms with Crippen LogP contribution in [0.2, 0.25) is 0 Å². The molecule has 3 heteroatoms. The molecule has 0 radical (unpaired) electrons. The predicted octanol–water partition coefficient (Wildman–Crippen LogP) is 2.81. The maximum absolute atomic E-state index is 10.2. The number of nitrogens with zero attached hydrogens (tertiary/aromatic N) is 1. The second-order valence-corrected chi connectivity index (χ2v) is 4.48. The van der Waals surface area contributed by atoms with Gasteiger partial charge in [-0.15, -0.1) is 0 Å². The smallest absolute Gasteiger partial charge is 0.102 e. The van der Waals surface area contributed by atoms with E-state index >= 15 is 0 Å². The van der Waals surface area contributed by atoms with Gasteiger partial charge in [-0.3, -0.25) is 0 Å². The number of aromatic nitrogens is 2. The van der Waals surface area contributed by atoms with Crippen molar-refractivity contribution in [1.29, 1.82) is 0 Å². The molecule has 3 nitrogen and oxygen atoms in total. The quantitative estimate of drug-likeness (QED) is 0.849. The van der Waals surface area contributed by atoms with E-state index in [0.29, 0.717) is 12.1 Å². The maximum Gasteiger partial charge on any atom is 0.102 e. The Morgan fingerprint density at radius 3 is 2.39 bits per heavy atom. The van der Waals surface area contributed by atoms with Crippen LogP contribution in [0.1, 0.15) is 42.3 Å². The molecule has 0 aliphatic carbocycles. The van der Waals surface area contributed by atoms with E-state index < -0.39 is 6.10 Å². The van der Waals surface area contributed by atoms with Crippen molar-refractivity contribution < 1.29 is 5.11 Å². The average molecular weight is 244 g/mol. The van der Waals surface area contributed by atoms with Crippen molar-refractivity contribution >= 4 is 0 Å². The van der Waals surface area contributed by atoms with Crippen LogP contribution in [0, 0.1) is 0 Å². The number of imidazole rings is 1. The summed E-state index contributed by atoms with van der Waals surface area (Å²) in [5, 5.41) is 10.2. The van der Waals surface area contributed by atoms with Crippen molar-refractivity contribution in [2.45, 2.75) is 39.2 Å². The van der Waals surface area contributed by atoms with Crippen LogP contribution in [0.15, 0.2) is 30.7 Å². The minimum Gasteiger partial charge on any atom is -0.386 e. The van der Waals surface area contributed by atoms with Crippen molar-refractivity contribution in [2.75, 3.05) is 0 Å². The Morgan fingerprint density at radius 2 is 1.89 bits per heavy atom. The van der Waals surface area contributed by atoms with Crippen LogP contribution in [-0.2, 0) is 19.3 Å². The van der Waals surface area contributed by atoms with Crippen LogP contribution < -0.4 is 0 Å². The number of nitrogens with one attached hydrogen (secondary N) is 1. The molecule has 96 valence electrons. The molecular formula is C15H20N2O. The lowest BCUT2D eigenvalue weighted by atomic mass is 9.92. The summed E-state index contributed by atoms with van der Waals surface area (Å²) >= 11 is 0. The molecule has 0 saturated carbocycles. The summed E-state index contributed by atoms with van der Waals surface area (Å²) in [4.78, 5) is 7.00. The van der Waals surface area contributed by atoms with E-state index in [4.69, 9.17) is 0 Å². The van der Waals surface area contributed by atoms with Gasteiger partial charge in [0, 0.05) is 12.6 Å². The summed E-state index contributed by atoms with van der Waals surface area (Å²) in [5.41, 5.74) is 4.63. The summed E-state index contributed by atoms with van der Waals surface area (Å²) in [7, 11) is 0. The highest BCUT2D eigenvalue weighted by Gasteiger charge is 2.14. The maximum atomic E-state index is 10.2. The normalized spacial score (nSPS) is 12.6. The molecule has 2 N–H and O–H groups in total. The lowest BCUT2D eigenvalue weighted by Crippen LogP contribution is -2.07. The van der Waals surface area contributed by atoms with Gasteiger partial charge in [-0.25, -0.2) is 4.98 Å². The Labute approximate surface area is 108 Å². The molecule has 18 heavy (non-hydrogen) atoms. The second-order valence-electron chi connectivity index (χ2n) is 4.48. The summed E-state index contributed by atoms with van der Waals surface area (Å²) in [6.45, 7) is 4.30. The number of aromatic amines is 1. The molecular weight excluding hydrogens is 224 g/mol. The van der Waals surface area contributed by atoms with E-state index in [9.17, 15) is 5.11 Å². The topological polar surface area (TPSA) is 48.9 Å². The lowest BCUT2D eigenvalue weighted by molar-refractivity contribution is 0.173. The molecule has 2 aromatic rings. The Morgan fingerprint density at radius 1 is 1.22 bits per heavy atom. The number of aliphatic hydroxyl groups excluding tert-OH is 1. The molecule has 2 rings (SSSR count). The summed E-state index contributed by atoms with van der Waals surface area (Å²) in [6.07, 6.45) is 5.45. The zero-order valence-corrected chi connectivity index (χ0v) is 11.0. The van der Waals surface area contributed by atoms with E-state index in [1.54, 1.807) is 12.5 Å². The first-order chi connectivity index (χ1) is 8.76. The van der Waals surface area contributed by atoms with Crippen molar-refractivity contribution in [3.63, 3.8) is 0 Å². The van der Waals surface area contributed by atoms with E-state index in [1.165, 1.54) is 16.7 Å². The first-order valence-corrected chi connectivity index (χ1v) is 6.52. The highest BCUT2D eigenvalue weighted by Crippen LogP contribution is 2.23. The molecule has 0 fully saturated rings. The summed E-state index contributed by atoms with van der Waals surface area (Å²) in [6, 6.07) is 6.39. The van der Waals surface area contributed by atoms with E-state index in [0.717, 1.165) is 12.8 Å². The highest BCUT2D eigenvalue weighted by molar-refractivity contribution is 5.36. The van der Waals surface area contributed by atoms with Crippen LogP contribution in [0.3, 0.4) is 0 Å². The summed E-state index contributed by atoms with van der Waals surface area (Å²) < 4.78 is 0. The molecule has 1 atom stereocenters. The van der Waals surface area contributed by atoms with Crippen molar-refractivity contribution in [3.8, 4) is 0 Å². The van der Waals surface area contributed by atoms with Gasteiger partial charge in [-0.05, 0) is 29.5 Å². The van der Waals surface area contributed by atoms with Gasteiger partial charge in [0.1, 0.15) is 6.10 Å². The van der Waals surface area contributed by atoms with Gasteiger partial charge >= 0.3 is 0 Å². The molecule has 0 aliphatic heterocycles. The van der Waals surface area contributed by atoms with Gasteiger partial charge in [0.05, 0.1) is 12.0 Å². The molecule has 1 aromatic carbocycles. The Balaban J connectivity index is 2.27. The van der Waals surface area contributed by atoms with E-state index in [2.05, 4.69) is 42.0 Å². The minimum absolute atomic E-state index is 0.533. The highest BCUT2D eigenvalue weighted by atomic mass is 16.3. The number of aryl methyl sites for hydroxylation is 2. The predicted molar refractivity (Wildman–Crippen MR) is 72.4 cm³/mol. The van der Waals surface area contributed by atoms with Crippen molar-refractivity contribution in [3.05, 3.63) is 53.1 Å². The van der Waals surface area contributed by atoms with Gasteiger partial charge in [0.2, 0.25) is 0 Å². The average Bonchev–Trinajstić information content (AvgIpc) is 2.93. The van der Waals surface area contributed by atoms with Gasteiger partial charge in [-0.1, -0.05) is 32.0 Å². The van der Waals surface area contributed by atoms with Crippen molar-refractivity contribution in [2.24, 2.45) is 0 Å². The van der Waals surface area contributed by atoms with Gasteiger partial charge < -0.3 is 10.1 Å². The van der Waals surface area contributed by atoms with E-state index in [-0.39, 0.29) is 0 Å². The minimum atomic E-state index is -0.533. The number of benzene rings is 1. The molecule has 1 unspecified atom stereocenters. The molecule has 1 aromatic heterocycles. The second kappa shape index (κ2) is 5.83. The van der Waals surface area contributed by atoms with Gasteiger partial charge in [-0.2, -0.15) is 0 Å². The van der Waals surface area contributed by atoms with Crippen LogP contribution >= 0.6 is 0 Å². The number of rotatable bonds is 5. The van der Waals surface area contributed by atoms with Crippen LogP contribution in [0.5, 0.6) is 0 Å². The standard InChI is InChI=1S/C15H20N2O/c1-3-11-6-5-7-12(4-2)13(11)8-15(18)14-9-16-10-17-14/h5-7,9-10,15,18H,3-4,8H2,1-2H3,(H,16,17). The van der Waals surface area contributed by atoms with Crippen LogP contribution in [0.25, 0.3) is 0 Å². The SMILES string of the molecule is CCc1cccc(CC)c1CC(O)c1c[nH]cn1. The molecule has 0 aliphatic rings. The molecule has 0 bridgehead atoms. The monoisotopic (exact) mass is 244 g/mol. The van der Waals surface area contributed by atoms with Crippen LogP contribution in [0.4, 0.5) is 0 Å². The fourth-order valence-electron chi connectivity index (χ4n) is 2.36. The first-order valence-electron chi connectivity index (χ1n) is 6.52.